The molecular formula is C22H31N3O7. The molecule has 2 rings (SSSR count). The fourth-order valence-electron chi connectivity index (χ4n) is 3.22. The average Bonchev–Trinajstić information content (AvgIpc) is 2.85. The zero-order chi connectivity index (χ0) is 24.1. The molecule has 10 nitrogen and oxygen atoms in total. The van der Waals surface area contributed by atoms with E-state index in [2.05, 4.69) is 10.5 Å². The second kappa shape index (κ2) is 10.7. The van der Waals surface area contributed by atoms with E-state index in [4.69, 9.17) is 9.47 Å². The van der Waals surface area contributed by atoms with E-state index < -0.39 is 42.2 Å². The zero-order valence-electron chi connectivity index (χ0n) is 18.9. The lowest BCUT2D eigenvalue weighted by Gasteiger charge is -2.28. The molecule has 0 fully saturated rings. The Labute approximate surface area is 187 Å². The molecule has 10 heteroatoms. The third kappa shape index (κ3) is 6.12. The maximum absolute atomic E-state index is 12.8. The monoisotopic (exact) mass is 449 g/mol. The molecule has 1 aliphatic heterocycles. The van der Waals surface area contributed by atoms with Gasteiger partial charge in [-0.2, -0.15) is 4.91 Å². The summed E-state index contributed by atoms with van der Waals surface area (Å²) in [5.41, 5.74) is 0.275. The van der Waals surface area contributed by atoms with E-state index in [1.807, 2.05) is 20.8 Å². The summed E-state index contributed by atoms with van der Waals surface area (Å²) in [6.07, 6.45) is -1.74. The molecule has 1 aromatic rings. The number of nitroso groups, excluding NO2 is 1. The van der Waals surface area contributed by atoms with E-state index >= 15 is 0 Å². The molecule has 2 amide bonds. The number of fused-ring (bicyclic) bond motifs is 1. The molecule has 5 atom stereocenters. The van der Waals surface area contributed by atoms with Gasteiger partial charge < -0.3 is 29.9 Å². The standard InChI is InChI=1S/C22H31N3O7/c1-22(2,3)11-10-15(26)17(24-30)18(27)19(31-5)20(28)23-13-12-32-16-9-7-6-8-14(16)25(4)21(13)29/h6-11,13,15,17-19,26-27H,12H2,1-5H3,(H,23,28)/b11-10+/t13?,15-,17+,18-,19?/m1/s1. The minimum Gasteiger partial charge on any atom is -0.489 e. The summed E-state index contributed by atoms with van der Waals surface area (Å²) < 4.78 is 10.7. The van der Waals surface area contributed by atoms with Crippen molar-refractivity contribution >= 4 is 17.5 Å². The van der Waals surface area contributed by atoms with Gasteiger partial charge in [0.25, 0.3) is 11.8 Å². The molecule has 0 spiro atoms. The third-order valence-electron chi connectivity index (χ3n) is 5.01. The van der Waals surface area contributed by atoms with Crippen molar-refractivity contribution in [3.05, 3.63) is 41.3 Å². The number of allylic oxidation sites excluding steroid dienone is 1. The van der Waals surface area contributed by atoms with Gasteiger partial charge in [0.2, 0.25) is 0 Å². The van der Waals surface area contributed by atoms with Crippen LogP contribution in [0.4, 0.5) is 5.69 Å². The van der Waals surface area contributed by atoms with Gasteiger partial charge >= 0.3 is 0 Å². The molecule has 1 aliphatic rings. The summed E-state index contributed by atoms with van der Waals surface area (Å²) >= 11 is 0. The number of ether oxygens (including phenoxy) is 2. The van der Waals surface area contributed by atoms with Gasteiger partial charge in [-0.25, -0.2) is 0 Å². The van der Waals surface area contributed by atoms with Crippen LogP contribution in [-0.4, -0.2) is 73.2 Å². The molecule has 1 heterocycles. The fourth-order valence-corrected chi connectivity index (χ4v) is 3.22. The number of rotatable bonds is 8. The Balaban J connectivity index is 2.13. The van der Waals surface area contributed by atoms with Gasteiger partial charge in [0.05, 0.1) is 5.69 Å². The molecule has 32 heavy (non-hydrogen) atoms. The second-order valence-corrected chi connectivity index (χ2v) is 8.70. The zero-order valence-corrected chi connectivity index (χ0v) is 18.9. The number of nitrogens with zero attached hydrogens (tertiary/aromatic N) is 2. The number of carbonyl (C=O) groups excluding carboxylic acids is 2. The lowest BCUT2D eigenvalue weighted by atomic mass is 9.93. The highest BCUT2D eigenvalue weighted by molar-refractivity contribution is 6.01. The molecular weight excluding hydrogens is 418 g/mol. The number of hydrogen-bond acceptors (Lipinski definition) is 8. The Bertz CT molecular complexity index is 852. The van der Waals surface area contributed by atoms with Crippen molar-refractivity contribution in [2.24, 2.45) is 10.6 Å². The number of aliphatic hydroxyl groups is 2. The number of amides is 2. The molecule has 0 aromatic heterocycles. The maximum atomic E-state index is 12.8. The summed E-state index contributed by atoms with van der Waals surface area (Å²) in [6, 6.07) is 4.33. The smallest absolute Gasteiger partial charge is 0.252 e. The van der Waals surface area contributed by atoms with Crippen molar-refractivity contribution in [2.75, 3.05) is 25.7 Å². The Morgan fingerprint density at radius 2 is 2.00 bits per heavy atom. The van der Waals surface area contributed by atoms with Crippen molar-refractivity contribution in [1.29, 1.82) is 0 Å². The predicted molar refractivity (Wildman–Crippen MR) is 118 cm³/mol. The second-order valence-electron chi connectivity index (χ2n) is 8.70. The quantitative estimate of drug-likeness (QED) is 0.398. The van der Waals surface area contributed by atoms with Crippen LogP contribution in [0.15, 0.2) is 41.6 Å². The highest BCUT2D eigenvalue weighted by atomic mass is 16.5. The highest BCUT2D eigenvalue weighted by Crippen LogP contribution is 2.30. The van der Waals surface area contributed by atoms with Gasteiger partial charge in [-0.15, -0.1) is 0 Å². The molecule has 0 saturated heterocycles. The van der Waals surface area contributed by atoms with E-state index in [1.165, 1.54) is 18.1 Å². The number of nitrogens with one attached hydrogen (secondary N) is 1. The van der Waals surface area contributed by atoms with E-state index in [9.17, 15) is 24.7 Å². The Morgan fingerprint density at radius 3 is 2.59 bits per heavy atom. The van der Waals surface area contributed by atoms with Crippen LogP contribution in [0.5, 0.6) is 5.75 Å². The van der Waals surface area contributed by atoms with Crippen molar-refractivity contribution in [3.8, 4) is 5.75 Å². The molecule has 3 N–H and O–H groups in total. The Morgan fingerprint density at radius 1 is 1.34 bits per heavy atom. The molecule has 2 unspecified atom stereocenters. The third-order valence-corrected chi connectivity index (χ3v) is 5.01. The highest BCUT2D eigenvalue weighted by Gasteiger charge is 2.40. The summed E-state index contributed by atoms with van der Waals surface area (Å²) in [5.74, 6) is -0.782. The van der Waals surface area contributed by atoms with Gasteiger partial charge in [0.1, 0.15) is 30.6 Å². The number of methoxy groups -OCH3 is 1. The van der Waals surface area contributed by atoms with E-state index in [0.717, 1.165) is 0 Å². The first-order chi connectivity index (χ1) is 15.0. The number of likely N-dealkylation sites (N-methyl/N-ethyl adjacent to an activating group) is 1. The largest absolute Gasteiger partial charge is 0.489 e. The van der Waals surface area contributed by atoms with Gasteiger partial charge in [-0.05, 0) is 17.5 Å². The number of carbonyl (C=O) groups is 2. The molecule has 0 aliphatic carbocycles. The number of hydrogen-bond donors (Lipinski definition) is 3. The van der Waals surface area contributed by atoms with E-state index in [0.29, 0.717) is 11.4 Å². The molecule has 176 valence electrons. The van der Waals surface area contributed by atoms with Crippen molar-refractivity contribution in [2.45, 2.75) is 51.2 Å². The number of para-hydroxylation sites is 2. The summed E-state index contributed by atoms with van der Waals surface area (Å²) in [6.45, 7) is 5.54. The topological polar surface area (TPSA) is 138 Å². The Hall–Kier alpha value is -2.82. The summed E-state index contributed by atoms with van der Waals surface area (Å²) in [4.78, 5) is 38.3. The fraction of sp³-hybridized carbons (Fsp3) is 0.545. The van der Waals surface area contributed by atoms with Crippen LogP contribution in [-0.2, 0) is 14.3 Å². The van der Waals surface area contributed by atoms with Crippen LogP contribution in [0.3, 0.4) is 0 Å². The number of anilines is 1. The predicted octanol–water partition coefficient (Wildman–Crippen LogP) is 1.00. The lowest BCUT2D eigenvalue weighted by Crippen LogP contribution is -2.56. The van der Waals surface area contributed by atoms with Gasteiger partial charge in [0.15, 0.2) is 12.1 Å². The van der Waals surface area contributed by atoms with Crippen LogP contribution in [0.2, 0.25) is 0 Å². The van der Waals surface area contributed by atoms with Gasteiger partial charge in [-0.1, -0.05) is 50.2 Å². The molecule has 0 radical (unpaired) electrons. The minimum atomic E-state index is -1.76. The Kier molecular flexibility index (Phi) is 8.48. The summed E-state index contributed by atoms with van der Waals surface area (Å²) in [5, 5.41) is 26.2. The average molecular weight is 450 g/mol. The minimum absolute atomic E-state index is 0.134. The van der Waals surface area contributed by atoms with E-state index in [-0.39, 0.29) is 12.0 Å². The van der Waals surface area contributed by atoms with Crippen molar-refractivity contribution < 1.29 is 29.3 Å². The summed E-state index contributed by atoms with van der Waals surface area (Å²) in [7, 11) is 2.72. The van der Waals surface area contributed by atoms with Gasteiger partial charge in [-0.3, -0.25) is 9.59 Å². The van der Waals surface area contributed by atoms with Crippen molar-refractivity contribution in [3.63, 3.8) is 0 Å². The lowest BCUT2D eigenvalue weighted by molar-refractivity contribution is -0.142. The first-order valence-electron chi connectivity index (χ1n) is 10.2. The first-order valence-corrected chi connectivity index (χ1v) is 10.2. The number of aliphatic hydroxyl groups excluding tert-OH is 2. The van der Waals surface area contributed by atoms with Crippen LogP contribution in [0.25, 0.3) is 0 Å². The van der Waals surface area contributed by atoms with Crippen LogP contribution in [0.1, 0.15) is 20.8 Å². The normalized spacial score (nSPS) is 20.5. The van der Waals surface area contributed by atoms with E-state index in [1.54, 1.807) is 37.4 Å². The van der Waals surface area contributed by atoms with Gasteiger partial charge in [0, 0.05) is 14.2 Å². The number of benzene rings is 1. The van der Waals surface area contributed by atoms with Crippen LogP contribution < -0.4 is 15.0 Å². The maximum Gasteiger partial charge on any atom is 0.252 e. The molecule has 0 bridgehead atoms. The van der Waals surface area contributed by atoms with Crippen LogP contribution >= 0.6 is 0 Å². The SMILES string of the molecule is COC(C(=O)NC1COc2ccccc2N(C)C1=O)[C@H](O)[C@@H](N=O)[C@H](O)/C=C/C(C)(C)C. The molecule has 0 saturated carbocycles. The van der Waals surface area contributed by atoms with Crippen LogP contribution in [0, 0.1) is 10.3 Å². The first kappa shape index (κ1) is 25.4. The molecule has 1 aromatic carbocycles. The van der Waals surface area contributed by atoms with Crippen molar-refractivity contribution in [1.82, 2.24) is 5.32 Å².